The molecule has 0 aromatic heterocycles. The Kier molecular flexibility index (Phi) is 13.7. The molecule has 49 heavy (non-hydrogen) atoms. The van der Waals surface area contributed by atoms with Gasteiger partial charge < -0.3 is 34.9 Å². The van der Waals surface area contributed by atoms with Crippen molar-refractivity contribution in [1.82, 2.24) is 16.0 Å². The second-order valence-corrected chi connectivity index (χ2v) is 15.5. The molecule has 14 heteroatoms. The van der Waals surface area contributed by atoms with Crippen molar-refractivity contribution in [3.05, 3.63) is 24.3 Å². The molecule has 274 valence electrons. The maximum Gasteiger partial charge on any atom is 0.407 e. The van der Waals surface area contributed by atoms with Crippen LogP contribution in [-0.2, 0) is 42.9 Å². The molecule has 2 saturated carbocycles. The first-order chi connectivity index (χ1) is 22.5. The van der Waals surface area contributed by atoms with Crippen molar-refractivity contribution in [3.8, 4) is 0 Å². The van der Waals surface area contributed by atoms with Crippen molar-refractivity contribution in [2.24, 2.45) is 16.2 Å². The summed E-state index contributed by atoms with van der Waals surface area (Å²) in [5.74, 6) is -4.25. The molecule has 2 aliphatic carbocycles. The first-order valence-corrected chi connectivity index (χ1v) is 16.4. The standard InChI is InChI=1S/C35H53N3O11/c1-21(2)28(42)46-11-13-48-30(44)37-23-15-32(5,6)19-34(9,17-23)26(40)25(39)27(41)36-24-16-33(7,8)20-35(10,18-24)38-31(45)49-14-12-47-29(43)22(3)4/h23-24H,1,3,11-20H2,2,4-10H3,(H,36,41)(H,37,44)(H,38,45). The normalized spacial score (nSPS) is 25.4. The van der Waals surface area contributed by atoms with Crippen LogP contribution in [0.4, 0.5) is 9.59 Å². The second-order valence-electron chi connectivity index (χ2n) is 15.5. The predicted molar refractivity (Wildman–Crippen MR) is 178 cm³/mol. The number of esters is 2. The lowest BCUT2D eigenvalue weighted by Gasteiger charge is -2.47. The minimum absolute atomic E-state index is 0.112. The minimum Gasteiger partial charge on any atom is -0.459 e. The first kappa shape index (κ1) is 40.9. The van der Waals surface area contributed by atoms with Gasteiger partial charge in [0.2, 0.25) is 5.78 Å². The van der Waals surface area contributed by atoms with Gasteiger partial charge in [-0.2, -0.15) is 0 Å². The maximum atomic E-state index is 13.6. The lowest BCUT2D eigenvalue weighted by atomic mass is 9.60. The Morgan fingerprint density at radius 2 is 1.06 bits per heavy atom. The summed E-state index contributed by atoms with van der Waals surface area (Å²) in [6.07, 6.45) is 0.746. The number of amides is 3. The predicted octanol–water partition coefficient (Wildman–Crippen LogP) is 3.85. The van der Waals surface area contributed by atoms with Crippen LogP contribution in [0.25, 0.3) is 0 Å². The molecule has 3 N–H and O–H groups in total. The van der Waals surface area contributed by atoms with Gasteiger partial charge in [0.1, 0.15) is 26.4 Å². The number of ketones is 2. The fourth-order valence-corrected chi connectivity index (χ4v) is 7.34. The molecule has 0 aliphatic heterocycles. The second kappa shape index (κ2) is 16.4. The summed E-state index contributed by atoms with van der Waals surface area (Å²) in [5.41, 5.74) is -2.44. The fraction of sp³-hybridized carbons (Fsp3) is 0.686. The van der Waals surface area contributed by atoms with Crippen molar-refractivity contribution < 1.29 is 52.5 Å². The Labute approximate surface area is 288 Å². The van der Waals surface area contributed by atoms with E-state index in [0.29, 0.717) is 25.7 Å². The number of Topliss-reactive ketones (excluding diaryl/α,β-unsaturated/α-hetero) is 2. The monoisotopic (exact) mass is 691 g/mol. The molecule has 0 saturated heterocycles. The summed E-state index contributed by atoms with van der Waals surface area (Å²) in [5, 5.41) is 8.30. The molecule has 0 spiro atoms. The molecule has 0 bridgehead atoms. The highest BCUT2D eigenvalue weighted by Gasteiger charge is 2.50. The summed E-state index contributed by atoms with van der Waals surface area (Å²) >= 11 is 0. The molecule has 4 atom stereocenters. The fourth-order valence-electron chi connectivity index (χ4n) is 7.34. The summed E-state index contributed by atoms with van der Waals surface area (Å²) in [6.45, 7) is 20.5. The quantitative estimate of drug-likeness (QED) is 0.0598. The van der Waals surface area contributed by atoms with Crippen LogP contribution in [-0.4, -0.2) is 85.6 Å². The summed E-state index contributed by atoms with van der Waals surface area (Å²) in [4.78, 5) is 88.2. The number of rotatable bonds is 14. The molecule has 0 aromatic carbocycles. The Bertz CT molecular complexity index is 1350. The molecule has 0 aromatic rings. The van der Waals surface area contributed by atoms with Gasteiger partial charge in [0, 0.05) is 34.2 Å². The van der Waals surface area contributed by atoms with E-state index in [1.807, 2.05) is 27.7 Å². The zero-order valence-electron chi connectivity index (χ0n) is 30.1. The summed E-state index contributed by atoms with van der Waals surface area (Å²) in [7, 11) is 0. The zero-order chi connectivity index (χ0) is 37.4. The average molecular weight is 692 g/mol. The van der Waals surface area contributed by atoms with Gasteiger partial charge in [0.15, 0.2) is 0 Å². The lowest BCUT2D eigenvalue weighted by Crippen LogP contribution is -2.59. The van der Waals surface area contributed by atoms with Gasteiger partial charge in [0.25, 0.3) is 11.7 Å². The third-order valence-corrected chi connectivity index (χ3v) is 8.55. The number of ether oxygens (including phenoxy) is 4. The topological polar surface area (TPSA) is 192 Å². The van der Waals surface area contributed by atoms with Crippen LogP contribution < -0.4 is 16.0 Å². The zero-order valence-corrected chi connectivity index (χ0v) is 30.1. The average Bonchev–Trinajstić information content (AvgIpc) is 2.93. The SMILES string of the molecule is C=C(C)C(=O)OCCOC(=O)NC1CC(C)(C)CC(C)(C(=O)C(=O)C(=O)NC2CC(C)(C)CC(C)(NC(=O)OCCOC(=O)C(=C)C)C2)C1. The molecule has 14 nitrogen and oxygen atoms in total. The Morgan fingerprint density at radius 3 is 1.57 bits per heavy atom. The van der Waals surface area contributed by atoms with Gasteiger partial charge in [-0.1, -0.05) is 47.8 Å². The van der Waals surface area contributed by atoms with Crippen molar-refractivity contribution in [1.29, 1.82) is 0 Å². The maximum absolute atomic E-state index is 13.6. The molecule has 0 heterocycles. The van der Waals surface area contributed by atoms with Crippen molar-refractivity contribution in [2.75, 3.05) is 26.4 Å². The molecular weight excluding hydrogens is 638 g/mol. The van der Waals surface area contributed by atoms with E-state index in [2.05, 4.69) is 29.1 Å². The Hall–Kier alpha value is -4.23. The Morgan fingerprint density at radius 1 is 0.612 bits per heavy atom. The van der Waals surface area contributed by atoms with Gasteiger partial charge in [-0.05, 0) is 70.1 Å². The van der Waals surface area contributed by atoms with Gasteiger partial charge in [-0.25, -0.2) is 19.2 Å². The van der Waals surface area contributed by atoms with E-state index in [1.165, 1.54) is 13.8 Å². The van der Waals surface area contributed by atoms with Crippen LogP contribution in [0, 0.1) is 16.2 Å². The van der Waals surface area contributed by atoms with E-state index >= 15 is 0 Å². The number of carbonyl (C=O) groups excluding carboxylic acids is 7. The van der Waals surface area contributed by atoms with Crippen LogP contribution in [0.15, 0.2) is 24.3 Å². The van der Waals surface area contributed by atoms with Crippen LogP contribution in [0.5, 0.6) is 0 Å². The summed E-state index contributed by atoms with van der Waals surface area (Å²) in [6, 6.07) is -1.06. The highest BCUT2D eigenvalue weighted by molar-refractivity contribution is 6.64. The van der Waals surface area contributed by atoms with Gasteiger partial charge in [0.05, 0.1) is 0 Å². The molecule has 3 amide bonds. The smallest absolute Gasteiger partial charge is 0.407 e. The Balaban J connectivity index is 2.00. The van der Waals surface area contributed by atoms with E-state index < -0.39 is 70.1 Å². The van der Waals surface area contributed by atoms with Gasteiger partial charge in [-0.3, -0.25) is 14.4 Å². The molecular formula is C35H53N3O11. The van der Waals surface area contributed by atoms with Crippen LogP contribution >= 0.6 is 0 Å². The van der Waals surface area contributed by atoms with Crippen molar-refractivity contribution in [3.63, 3.8) is 0 Å². The molecule has 2 rings (SSSR count). The highest BCUT2D eigenvalue weighted by Crippen LogP contribution is 2.47. The van der Waals surface area contributed by atoms with E-state index in [1.54, 1.807) is 13.8 Å². The van der Waals surface area contributed by atoms with E-state index in [4.69, 9.17) is 18.9 Å². The largest absolute Gasteiger partial charge is 0.459 e. The number of hydrogen-bond donors (Lipinski definition) is 3. The van der Waals surface area contributed by atoms with Crippen molar-refractivity contribution >= 4 is 41.6 Å². The minimum atomic E-state index is -1.24. The van der Waals surface area contributed by atoms with Crippen LogP contribution in [0.1, 0.15) is 93.9 Å². The number of alkyl carbamates (subject to hydrolysis) is 2. The van der Waals surface area contributed by atoms with E-state index in [0.717, 1.165) is 0 Å². The molecule has 4 unspecified atom stereocenters. The number of carbonyl (C=O) groups is 7. The van der Waals surface area contributed by atoms with E-state index in [-0.39, 0.29) is 55.8 Å². The highest BCUT2D eigenvalue weighted by atomic mass is 16.6. The number of hydrogen-bond acceptors (Lipinski definition) is 11. The lowest BCUT2D eigenvalue weighted by molar-refractivity contribution is -0.151. The molecule has 2 fully saturated rings. The van der Waals surface area contributed by atoms with E-state index in [9.17, 15) is 33.6 Å². The van der Waals surface area contributed by atoms with Gasteiger partial charge in [-0.15, -0.1) is 0 Å². The molecule has 0 radical (unpaired) electrons. The molecule has 2 aliphatic rings. The van der Waals surface area contributed by atoms with Crippen LogP contribution in [0.2, 0.25) is 0 Å². The van der Waals surface area contributed by atoms with Crippen molar-refractivity contribution in [2.45, 2.75) is 112 Å². The number of nitrogens with one attached hydrogen (secondary N) is 3. The van der Waals surface area contributed by atoms with Crippen LogP contribution in [0.3, 0.4) is 0 Å². The first-order valence-electron chi connectivity index (χ1n) is 16.4. The summed E-state index contributed by atoms with van der Waals surface area (Å²) < 4.78 is 20.1. The third-order valence-electron chi connectivity index (χ3n) is 8.55. The third kappa shape index (κ3) is 13.0. The van der Waals surface area contributed by atoms with Gasteiger partial charge >= 0.3 is 24.1 Å².